The maximum absolute atomic E-state index is 10.9. The summed E-state index contributed by atoms with van der Waals surface area (Å²) in [6, 6.07) is 7.47. The molecule has 0 amide bonds. The molecule has 1 N–H and O–H groups in total. The van der Waals surface area contributed by atoms with Crippen LogP contribution in [0.3, 0.4) is 0 Å². The summed E-state index contributed by atoms with van der Waals surface area (Å²) in [4.78, 5) is 10.9. The van der Waals surface area contributed by atoms with Gasteiger partial charge in [0.05, 0.1) is 20.3 Å². The van der Waals surface area contributed by atoms with E-state index < -0.39 is 5.97 Å². The zero-order valence-electron chi connectivity index (χ0n) is 10.9. The van der Waals surface area contributed by atoms with Crippen LogP contribution >= 0.6 is 0 Å². The van der Waals surface area contributed by atoms with Gasteiger partial charge in [0.1, 0.15) is 12.0 Å². The number of esters is 1. The minimum absolute atomic E-state index is 0.309. The van der Waals surface area contributed by atoms with Crippen molar-refractivity contribution in [3.8, 4) is 5.75 Å². The first kappa shape index (κ1) is 14.6. The van der Waals surface area contributed by atoms with Gasteiger partial charge in [0.15, 0.2) is 0 Å². The number of hydrazone groups is 1. The normalized spacial score (nSPS) is 10.8. The molecular formula is C12H16N4O3. The van der Waals surface area contributed by atoms with Gasteiger partial charge in [0.2, 0.25) is 0 Å². The van der Waals surface area contributed by atoms with E-state index in [1.165, 1.54) is 0 Å². The minimum atomic E-state index is -0.527. The smallest absolute Gasteiger partial charge is 0.351 e. The lowest BCUT2D eigenvalue weighted by molar-refractivity contribution is -0.134. The number of benzene rings is 1. The third-order valence-corrected chi connectivity index (χ3v) is 2.04. The van der Waals surface area contributed by atoms with Gasteiger partial charge < -0.3 is 9.47 Å². The Morgan fingerprint density at radius 3 is 2.74 bits per heavy atom. The van der Waals surface area contributed by atoms with Crippen LogP contribution in [-0.4, -0.2) is 25.9 Å². The van der Waals surface area contributed by atoms with Gasteiger partial charge in [0.25, 0.3) is 0 Å². The number of hydrogen-bond donors (Lipinski definition) is 1. The van der Waals surface area contributed by atoms with E-state index in [0.29, 0.717) is 13.2 Å². The molecule has 0 fully saturated rings. The quantitative estimate of drug-likeness (QED) is 0.351. The molecule has 1 aromatic carbocycles. The number of rotatable bonds is 7. The highest BCUT2D eigenvalue weighted by Gasteiger charge is 1.93. The van der Waals surface area contributed by atoms with E-state index in [1.807, 2.05) is 24.3 Å². The van der Waals surface area contributed by atoms with E-state index in [2.05, 4.69) is 25.7 Å². The summed E-state index contributed by atoms with van der Waals surface area (Å²) in [5, 5.41) is 10.9. The zero-order chi connectivity index (χ0) is 13.9. The van der Waals surface area contributed by atoms with Gasteiger partial charge in [-0.15, -0.1) is 0 Å². The van der Waals surface area contributed by atoms with E-state index in [4.69, 9.17) is 4.74 Å². The van der Waals surface area contributed by atoms with Crippen molar-refractivity contribution in [1.82, 2.24) is 5.53 Å². The fraction of sp³-hybridized carbons (Fsp3) is 0.333. The van der Waals surface area contributed by atoms with Crippen molar-refractivity contribution in [1.29, 1.82) is 0 Å². The lowest BCUT2D eigenvalue weighted by Gasteiger charge is -1.99. The molecule has 0 unspecified atom stereocenters. The first-order valence-corrected chi connectivity index (χ1v) is 5.70. The van der Waals surface area contributed by atoms with E-state index in [0.717, 1.165) is 17.5 Å². The third kappa shape index (κ3) is 6.16. The molecule has 0 aliphatic carbocycles. The summed E-state index contributed by atoms with van der Waals surface area (Å²) >= 11 is 0. The van der Waals surface area contributed by atoms with Crippen LogP contribution in [0.2, 0.25) is 0 Å². The van der Waals surface area contributed by atoms with Crippen molar-refractivity contribution in [3.05, 3.63) is 29.8 Å². The maximum atomic E-state index is 10.9. The third-order valence-electron chi connectivity index (χ3n) is 2.04. The first-order chi connectivity index (χ1) is 9.26. The Labute approximate surface area is 111 Å². The molecule has 7 heteroatoms. The standard InChI is InChI=1S/C12H16N4O3/c1-3-19-12(17)9-14-16-15-13-8-10-4-6-11(18-2)7-5-10/h4-7,9H,3,8H2,1-2H3,(H,13,16)/b14-9+. The van der Waals surface area contributed by atoms with E-state index in [1.54, 1.807) is 14.0 Å². The number of methoxy groups -OCH3 is 1. The number of carbonyl (C=O) groups is 1. The van der Waals surface area contributed by atoms with Crippen LogP contribution in [0.25, 0.3) is 0 Å². The second-order valence-electron chi connectivity index (χ2n) is 3.36. The Balaban J connectivity index is 2.28. The van der Waals surface area contributed by atoms with Crippen LogP contribution < -0.4 is 10.3 Å². The number of carbonyl (C=O) groups excluding carboxylic acids is 1. The molecular weight excluding hydrogens is 248 g/mol. The summed E-state index contributed by atoms with van der Waals surface area (Å²) < 4.78 is 9.67. The SMILES string of the molecule is CCOC(=O)/C=N/NN=NCc1ccc(OC)cc1. The first-order valence-electron chi connectivity index (χ1n) is 5.70. The van der Waals surface area contributed by atoms with Gasteiger partial charge in [-0.25, -0.2) is 4.79 Å². The molecule has 0 atom stereocenters. The van der Waals surface area contributed by atoms with Crippen molar-refractivity contribution in [2.45, 2.75) is 13.5 Å². The summed E-state index contributed by atoms with van der Waals surface area (Å²) in [7, 11) is 1.61. The molecule has 0 aliphatic heterocycles. The van der Waals surface area contributed by atoms with Crippen LogP contribution in [0.5, 0.6) is 5.75 Å². The van der Waals surface area contributed by atoms with Crippen LogP contribution in [0, 0.1) is 0 Å². The average molecular weight is 264 g/mol. The molecule has 1 aromatic rings. The Kier molecular flexibility index (Phi) is 6.63. The summed E-state index contributed by atoms with van der Waals surface area (Å²) in [5.41, 5.74) is 3.26. The van der Waals surface area contributed by atoms with Crippen molar-refractivity contribution in [2.24, 2.45) is 15.4 Å². The van der Waals surface area contributed by atoms with Crippen LogP contribution in [0.15, 0.2) is 39.7 Å². The highest BCUT2D eigenvalue weighted by atomic mass is 16.5. The van der Waals surface area contributed by atoms with Gasteiger partial charge >= 0.3 is 5.97 Å². The summed E-state index contributed by atoms with van der Waals surface area (Å²) in [5.74, 6) is 0.262. The predicted octanol–water partition coefficient (Wildman–Crippen LogP) is 1.70. The van der Waals surface area contributed by atoms with Crippen molar-refractivity contribution >= 4 is 12.2 Å². The van der Waals surface area contributed by atoms with Crippen molar-refractivity contribution in [2.75, 3.05) is 13.7 Å². The molecule has 7 nitrogen and oxygen atoms in total. The van der Waals surface area contributed by atoms with Crippen LogP contribution in [-0.2, 0) is 16.1 Å². The number of nitrogens with one attached hydrogen (secondary N) is 1. The summed E-state index contributed by atoms with van der Waals surface area (Å²) in [6.07, 6.45) is 0.996. The maximum Gasteiger partial charge on any atom is 0.351 e. The highest BCUT2D eigenvalue weighted by Crippen LogP contribution is 2.11. The molecule has 102 valence electrons. The fourth-order valence-corrected chi connectivity index (χ4v) is 1.17. The fourth-order valence-electron chi connectivity index (χ4n) is 1.17. The molecule has 0 aromatic heterocycles. The second-order valence-corrected chi connectivity index (χ2v) is 3.36. The van der Waals surface area contributed by atoms with Gasteiger partial charge in [-0.2, -0.15) is 15.8 Å². The molecule has 0 saturated carbocycles. The monoisotopic (exact) mass is 264 g/mol. The van der Waals surface area contributed by atoms with Crippen molar-refractivity contribution in [3.63, 3.8) is 0 Å². The van der Waals surface area contributed by atoms with Gasteiger partial charge in [0, 0.05) is 0 Å². The van der Waals surface area contributed by atoms with Gasteiger partial charge in [-0.05, 0) is 24.6 Å². The Bertz CT molecular complexity index is 443. The van der Waals surface area contributed by atoms with Crippen LogP contribution in [0.1, 0.15) is 12.5 Å². The largest absolute Gasteiger partial charge is 0.497 e. The molecule has 0 bridgehead atoms. The molecule has 0 aliphatic rings. The molecule has 1 rings (SSSR count). The molecule has 19 heavy (non-hydrogen) atoms. The number of hydrogen-bond acceptors (Lipinski definition) is 6. The average Bonchev–Trinajstić information content (AvgIpc) is 2.43. The lowest BCUT2D eigenvalue weighted by atomic mass is 10.2. The lowest BCUT2D eigenvalue weighted by Crippen LogP contribution is -2.07. The zero-order valence-corrected chi connectivity index (χ0v) is 10.9. The number of ether oxygens (including phenoxy) is 2. The van der Waals surface area contributed by atoms with Gasteiger partial charge in [-0.3, -0.25) is 0 Å². The number of nitrogens with zero attached hydrogens (tertiary/aromatic N) is 3. The molecule has 0 heterocycles. The Morgan fingerprint density at radius 2 is 2.11 bits per heavy atom. The Morgan fingerprint density at radius 1 is 1.37 bits per heavy atom. The second kappa shape index (κ2) is 8.62. The van der Waals surface area contributed by atoms with Gasteiger partial charge in [-0.1, -0.05) is 17.4 Å². The topological polar surface area (TPSA) is 84.6 Å². The van der Waals surface area contributed by atoms with Crippen LogP contribution in [0.4, 0.5) is 0 Å². The van der Waals surface area contributed by atoms with E-state index in [-0.39, 0.29) is 0 Å². The Hall–Kier alpha value is -2.44. The molecule has 0 saturated heterocycles. The molecule has 0 radical (unpaired) electrons. The summed E-state index contributed by atoms with van der Waals surface area (Å²) in [6.45, 7) is 2.43. The predicted molar refractivity (Wildman–Crippen MR) is 69.8 cm³/mol. The van der Waals surface area contributed by atoms with E-state index in [9.17, 15) is 4.79 Å². The minimum Gasteiger partial charge on any atom is -0.497 e. The molecule has 0 spiro atoms. The highest BCUT2D eigenvalue weighted by molar-refractivity contribution is 6.23. The van der Waals surface area contributed by atoms with Crippen molar-refractivity contribution < 1.29 is 14.3 Å². The van der Waals surface area contributed by atoms with E-state index >= 15 is 0 Å².